The summed E-state index contributed by atoms with van der Waals surface area (Å²) in [7, 11) is 0. The normalized spacial score (nSPS) is 14.9. The lowest BCUT2D eigenvalue weighted by Gasteiger charge is -2.28. The van der Waals surface area contributed by atoms with Gasteiger partial charge in [0.2, 0.25) is 5.91 Å². The van der Waals surface area contributed by atoms with Crippen molar-refractivity contribution in [2.45, 2.75) is 50.9 Å². The van der Waals surface area contributed by atoms with E-state index in [9.17, 15) is 14.9 Å². The van der Waals surface area contributed by atoms with E-state index in [1.807, 2.05) is 24.3 Å². The number of rotatable bonds is 8. The molecule has 7 heteroatoms. The van der Waals surface area contributed by atoms with E-state index in [-0.39, 0.29) is 11.6 Å². The van der Waals surface area contributed by atoms with Crippen LogP contribution in [0, 0.1) is 10.1 Å². The van der Waals surface area contributed by atoms with Crippen molar-refractivity contribution in [1.82, 2.24) is 4.98 Å². The lowest BCUT2D eigenvalue weighted by atomic mass is 9.78. The molecule has 1 amide bonds. The van der Waals surface area contributed by atoms with E-state index in [0.717, 1.165) is 42.1 Å². The Hall–Kier alpha value is -3.48. The Morgan fingerprint density at radius 1 is 1.16 bits per heavy atom. The van der Waals surface area contributed by atoms with Gasteiger partial charge >= 0.3 is 0 Å². The van der Waals surface area contributed by atoms with Gasteiger partial charge in [-0.1, -0.05) is 38.3 Å². The van der Waals surface area contributed by atoms with Gasteiger partial charge in [-0.15, -0.1) is 0 Å². The standard InChI is InChI=1S/C25H27N3O4/c1-2-3-17-32-22-13-12-21(20-7-6-16-26-23(20)22)27-24(29)25(14-4-5-15-25)18-8-10-19(11-9-18)28(30)31/h6-13,16H,2-5,14-15,17H2,1H3,(H,27,29). The molecule has 166 valence electrons. The fraction of sp³-hybridized carbons (Fsp3) is 0.360. The quantitative estimate of drug-likeness (QED) is 0.276. The van der Waals surface area contributed by atoms with Crippen molar-refractivity contribution in [2.24, 2.45) is 0 Å². The maximum absolute atomic E-state index is 13.6. The molecule has 0 atom stereocenters. The highest BCUT2D eigenvalue weighted by atomic mass is 16.6. The maximum Gasteiger partial charge on any atom is 0.269 e. The number of fused-ring (bicyclic) bond motifs is 1. The zero-order valence-corrected chi connectivity index (χ0v) is 18.2. The van der Waals surface area contributed by atoms with Gasteiger partial charge in [-0.05, 0) is 49.1 Å². The average molecular weight is 434 g/mol. The number of hydrogen-bond donors (Lipinski definition) is 1. The molecule has 1 saturated carbocycles. The molecule has 1 aromatic heterocycles. The van der Waals surface area contributed by atoms with Crippen LogP contribution in [-0.4, -0.2) is 22.4 Å². The van der Waals surface area contributed by atoms with Gasteiger partial charge in [0.05, 0.1) is 22.6 Å². The van der Waals surface area contributed by atoms with Crippen molar-refractivity contribution in [3.05, 3.63) is 70.4 Å². The summed E-state index contributed by atoms with van der Waals surface area (Å²) in [4.78, 5) is 28.7. The Kier molecular flexibility index (Phi) is 6.35. The van der Waals surface area contributed by atoms with Crippen LogP contribution in [0.4, 0.5) is 11.4 Å². The Balaban J connectivity index is 1.64. The number of unbranched alkanes of at least 4 members (excludes halogenated alkanes) is 1. The molecule has 0 aliphatic heterocycles. The van der Waals surface area contributed by atoms with E-state index < -0.39 is 10.3 Å². The Morgan fingerprint density at radius 2 is 1.91 bits per heavy atom. The minimum atomic E-state index is -0.694. The second-order valence-electron chi connectivity index (χ2n) is 8.26. The highest BCUT2D eigenvalue weighted by Crippen LogP contribution is 2.43. The maximum atomic E-state index is 13.6. The van der Waals surface area contributed by atoms with Gasteiger partial charge in [-0.3, -0.25) is 19.9 Å². The number of non-ortho nitro benzene ring substituents is 1. The third-order valence-corrected chi connectivity index (χ3v) is 6.26. The second kappa shape index (κ2) is 9.34. The molecule has 2 aromatic carbocycles. The number of ether oxygens (including phenoxy) is 1. The van der Waals surface area contributed by atoms with E-state index in [1.54, 1.807) is 18.3 Å². The molecule has 3 aromatic rings. The van der Waals surface area contributed by atoms with Crippen molar-refractivity contribution in [1.29, 1.82) is 0 Å². The first-order valence-electron chi connectivity index (χ1n) is 11.1. The smallest absolute Gasteiger partial charge is 0.269 e. The van der Waals surface area contributed by atoms with Gasteiger partial charge in [0.1, 0.15) is 11.3 Å². The number of amides is 1. The highest BCUT2D eigenvalue weighted by Gasteiger charge is 2.43. The number of pyridine rings is 1. The van der Waals surface area contributed by atoms with Crippen LogP contribution in [0.25, 0.3) is 10.9 Å². The molecule has 4 rings (SSSR count). The second-order valence-corrected chi connectivity index (χ2v) is 8.26. The summed E-state index contributed by atoms with van der Waals surface area (Å²) >= 11 is 0. The number of nitro groups is 1. The number of carbonyl (C=O) groups excluding carboxylic acids is 1. The van der Waals surface area contributed by atoms with Gasteiger partial charge in [0.25, 0.3) is 5.69 Å². The lowest BCUT2D eigenvalue weighted by Crippen LogP contribution is -2.38. The topological polar surface area (TPSA) is 94.4 Å². The molecule has 1 heterocycles. The predicted molar refractivity (Wildman–Crippen MR) is 124 cm³/mol. The minimum Gasteiger partial charge on any atom is -0.491 e. The number of carbonyl (C=O) groups is 1. The fourth-order valence-electron chi connectivity index (χ4n) is 4.47. The number of benzene rings is 2. The number of aromatic nitrogens is 1. The Morgan fingerprint density at radius 3 is 2.59 bits per heavy atom. The van der Waals surface area contributed by atoms with Gasteiger partial charge in [-0.25, -0.2) is 0 Å². The third kappa shape index (κ3) is 4.15. The molecule has 0 bridgehead atoms. The van der Waals surface area contributed by atoms with E-state index in [1.165, 1.54) is 12.1 Å². The van der Waals surface area contributed by atoms with E-state index >= 15 is 0 Å². The molecule has 0 spiro atoms. The molecule has 1 aliphatic rings. The largest absolute Gasteiger partial charge is 0.491 e. The first-order valence-corrected chi connectivity index (χ1v) is 11.1. The Labute approximate surface area is 187 Å². The van der Waals surface area contributed by atoms with Crippen molar-refractivity contribution in [3.63, 3.8) is 0 Å². The van der Waals surface area contributed by atoms with Gasteiger partial charge < -0.3 is 10.1 Å². The van der Waals surface area contributed by atoms with Gasteiger partial charge in [0.15, 0.2) is 0 Å². The summed E-state index contributed by atoms with van der Waals surface area (Å²) in [5.74, 6) is 0.617. The molecule has 0 radical (unpaired) electrons. The van der Waals surface area contributed by atoms with Crippen LogP contribution in [0.3, 0.4) is 0 Å². The SMILES string of the molecule is CCCCOc1ccc(NC(=O)C2(c3ccc([N+](=O)[O-])cc3)CCCC2)c2cccnc12. The number of nitrogens with one attached hydrogen (secondary N) is 1. The van der Waals surface area contributed by atoms with Crippen LogP contribution in [0.1, 0.15) is 51.0 Å². The van der Waals surface area contributed by atoms with Crippen LogP contribution >= 0.6 is 0 Å². The van der Waals surface area contributed by atoms with Crippen LogP contribution in [-0.2, 0) is 10.2 Å². The molecule has 7 nitrogen and oxygen atoms in total. The van der Waals surface area contributed by atoms with Crippen molar-refractivity contribution in [2.75, 3.05) is 11.9 Å². The van der Waals surface area contributed by atoms with Crippen LogP contribution in [0.5, 0.6) is 5.75 Å². The van der Waals surface area contributed by atoms with E-state index in [2.05, 4.69) is 17.2 Å². The fourth-order valence-corrected chi connectivity index (χ4v) is 4.47. The lowest BCUT2D eigenvalue weighted by molar-refractivity contribution is -0.384. The van der Waals surface area contributed by atoms with Crippen LogP contribution in [0.15, 0.2) is 54.7 Å². The molecular weight excluding hydrogens is 406 g/mol. The zero-order valence-electron chi connectivity index (χ0n) is 18.2. The summed E-state index contributed by atoms with van der Waals surface area (Å²) in [6.45, 7) is 2.74. The average Bonchev–Trinajstić information content (AvgIpc) is 3.32. The molecule has 1 fully saturated rings. The van der Waals surface area contributed by atoms with E-state index in [0.29, 0.717) is 30.9 Å². The summed E-state index contributed by atoms with van der Waals surface area (Å²) < 4.78 is 5.91. The molecule has 0 unspecified atom stereocenters. The Bertz CT molecular complexity index is 1120. The number of nitrogens with zero attached hydrogens (tertiary/aromatic N) is 2. The molecule has 1 aliphatic carbocycles. The van der Waals surface area contributed by atoms with Crippen LogP contribution in [0.2, 0.25) is 0 Å². The first kappa shape index (κ1) is 21.7. The minimum absolute atomic E-state index is 0.0260. The zero-order chi connectivity index (χ0) is 22.6. The molecular formula is C25H27N3O4. The van der Waals surface area contributed by atoms with Crippen molar-refractivity contribution >= 4 is 28.2 Å². The summed E-state index contributed by atoms with van der Waals surface area (Å²) in [6.07, 6.45) is 7.04. The number of hydrogen-bond acceptors (Lipinski definition) is 5. The number of anilines is 1. The first-order chi connectivity index (χ1) is 15.5. The molecule has 32 heavy (non-hydrogen) atoms. The third-order valence-electron chi connectivity index (χ3n) is 6.26. The van der Waals surface area contributed by atoms with Crippen LogP contribution < -0.4 is 10.1 Å². The predicted octanol–water partition coefficient (Wildman–Crippen LogP) is 5.77. The number of nitro benzene ring substituents is 1. The monoisotopic (exact) mass is 433 g/mol. The molecule has 1 N–H and O–H groups in total. The molecule has 0 saturated heterocycles. The summed E-state index contributed by atoms with van der Waals surface area (Å²) in [5, 5.41) is 15.0. The highest BCUT2D eigenvalue weighted by molar-refractivity contribution is 6.06. The summed E-state index contributed by atoms with van der Waals surface area (Å²) in [5.41, 5.74) is 1.56. The van der Waals surface area contributed by atoms with E-state index in [4.69, 9.17) is 4.74 Å². The van der Waals surface area contributed by atoms with Crippen molar-refractivity contribution in [3.8, 4) is 5.75 Å². The van der Waals surface area contributed by atoms with Gasteiger partial charge in [-0.2, -0.15) is 0 Å². The van der Waals surface area contributed by atoms with Gasteiger partial charge in [0, 0.05) is 23.7 Å². The van der Waals surface area contributed by atoms with Crippen molar-refractivity contribution < 1.29 is 14.5 Å². The summed E-state index contributed by atoms with van der Waals surface area (Å²) in [6, 6.07) is 13.9.